The van der Waals surface area contributed by atoms with Crippen LogP contribution in [0, 0.1) is 0 Å². The summed E-state index contributed by atoms with van der Waals surface area (Å²) in [5.74, 6) is 0.616. The van der Waals surface area contributed by atoms with E-state index in [4.69, 9.17) is 14.2 Å². The van der Waals surface area contributed by atoms with Crippen molar-refractivity contribution in [3.63, 3.8) is 0 Å². The molecule has 0 heterocycles. The molecule has 4 nitrogen and oxygen atoms in total. The maximum absolute atomic E-state index is 9.98. The molecule has 1 unspecified atom stereocenters. The van der Waals surface area contributed by atoms with Gasteiger partial charge in [0.05, 0.1) is 13.2 Å². The van der Waals surface area contributed by atoms with Gasteiger partial charge in [-0.2, -0.15) is 0 Å². The fourth-order valence-corrected chi connectivity index (χ4v) is 3.78. The van der Waals surface area contributed by atoms with Gasteiger partial charge in [0.15, 0.2) is 0 Å². The van der Waals surface area contributed by atoms with Crippen LogP contribution in [-0.4, -0.2) is 37.8 Å². The molecule has 29 heavy (non-hydrogen) atoms. The topological polar surface area (TPSA) is 47.9 Å². The van der Waals surface area contributed by atoms with Crippen molar-refractivity contribution in [2.24, 2.45) is 0 Å². The zero-order valence-electron chi connectivity index (χ0n) is 16.6. The van der Waals surface area contributed by atoms with Gasteiger partial charge < -0.3 is 19.3 Å². The Morgan fingerprint density at radius 2 is 1.55 bits per heavy atom. The Labute approximate surface area is 171 Å². The van der Waals surface area contributed by atoms with Gasteiger partial charge in [0.1, 0.15) is 12.4 Å². The third-order valence-corrected chi connectivity index (χ3v) is 5.12. The van der Waals surface area contributed by atoms with Crippen molar-refractivity contribution >= 4 is 0 Å². The third-order valence-electron chi connectivity index (χ3n) is 5.12. The predicted molar refractivity (Wildman–Crippen MR) is 114 cm³/mol. The minimum absolute atomic E-state index is 0.110. The summed E-state index contributed by atoms with van der Waals surface area (Å²) in [6.07, 6.45) is -0.0458. The highest BCUT2D eigenvalue weighted by molar-refractivity contribution is 5.84. The lowest BCUT2D eigenvalue weighted by atomic mass is 9.96. The second-order valence-corrected chi connectivity index (χ2v) is 7.03. The lowest BCUT2D eigenvalue weighted by molar-refractivity contribution is -0.0839. The number of aliphatic hydroxyl groups excluding tert-OH is 1. The summed E-state index contributed by atoms with van der Waals surface area (Å²) in [4.78, 5) is 0. The molecule has 3 aromatic rings. The number of fused-ring (bicyclic) bond motifs is 3. The number of hydrogen-bond acceptors (Lipinski definition) is 4. The first-order chi connectivity index (χ1) is 14.3. The highest BCUT2D eigenvalue weighted by atomic mass is 16.6. The van der Waals surface area contributed by atoms with E-state index in [9.17, 15) is 5.11 Å². The van der Waals surface area contributed by atoms with Crippen LogP contribution in [0.5, 0.6) is 5.75 Å². The average Bonchev–Trinajstić information content (AvgIpc) is 3.13. The molecule has 0 aromatic heterocycles. The summed E-state index contributed by atoms with van der Waals surface area (Å²) in [6.45, 7) is 3.66. The van der Waals surface area contributed by atoms with Crippen molar-refractivity contribution in [2.45, 2.75) is 19.6 Å². The van der Waals surface area contributed by atoms with Crippen molar-refractivity contribution in [3.05, 3.63) is 77.9 Å². The van der Waals surface area contributed by atoms with Crippen LogP contribution in [0.1, 0.15) is 18.1 Å². The van der Waals surface area contributed by atoms with Crippen LogP contribution in [0.2, 0.25) is 0 Å². The number of ether oxygens (including phenoxy) is 3. The quantitative estimate of drug-likeness (QED) is 0.333. The second kappa shape index (κ2) is 9.23. The second-order valence-electron chi connectivity index (χ2n) is 7.03. The zero-order valence-corrected chi connectivity index (χ0v) is 16.6. The first-order valence-electron chi connectivity index (χ1n) is 10.1. The standard InChI is InChI=1S/C25H26O4/c1-2-27-14-15-28-17-25(26)29-20-12-10-18(11-13-20)21-8-5-9-23-22-7-4-3-6-19(22)16-24(21)23/h3-13,25-26H,2,14-17H2,1H3. The van der Waals surface area contributed by atoms with Gasteiger partial charge in [0, 0.05) is 6.61 Å². The molecule has 0 bridgehead atoms. The van der Waals surface area contributed by atoms with Crippen molar-refractivity contribution in [3.8, 4) is 28.0 Å². The molecule has 0 aliphatic heterocycles. The molecule has 1 atom stereocenters. The Morgan fingerprint density at radius 1 is 0.828 bits per heavy atom. The van der Waals surface area contributed by atoms with Crippen LogP contribution in [0.3, 0.4) is 0 Å². The summed E-state index contributed by atoms with van der Waals surface area (Å²) >= 11 is 0. The van der Waals surface area contributed by atoms with E-state index in [2.05, 4.69) is 42.5 Å². The predicted octanol–water partition coefficient (Wildman–Crippen LogP) is 4.68. The Kier molecular flexibility index (Phi) is 6.25. The normalized spacial score (nSPS) is 13.0. The van der Waals surface area contributed by atoms with Crippen LogP contribution in [-0.2, 0) is 15.9 Å². The zero-order chi connectivity index (χ0) is 20.1. The van der Waals surface area contributed by atoms with E-state index in [-0.39, 0.29) is 6.61 Å². The van der Waals surface area contributed by atoms with Crippen molar-refractivity contribution in [1.29, 1.82) is 0 Å². The van der Waals surface area contributed by atoms with E-state index in [1.54, 1.807) is 0 Å². The van der Waals surface area contributed by atoms with Crippen LogP contribution < -0.4 is 4.74 Å². The highest BCUT2D eigenvalue weighted by Gasteiger charge is 2.20. The molecule has 1 aliphatic carbocycles. The van der Waals surface area contributed by atoms with Gasteiger partial charge in [-0.3, -0.25) is 0 Å². The summed E-state index contributed by atoms with van der Waals surface area (Å²) in [5, 5.41) is 9.98. The highest BCUT2D eigenvalue weighted by Crippen LogP contribution is 2.41. The number of rotatable bonds is 9. The minimum atomic E-state index is -1.00. The number of aliphatic hydroxyl groups is 1. The molecule has 0 saturated heterocycles. The first-order valence-corrected chi connectivity index (χ1v) is 10.1. The maximum atomic E-state index is 9.98. The molecule has 0 radical (unpaired) electrons. The number of benzene rings is 3. The van der Waals surface area contributed by atoms with E-state index >= 15 is 0 Å². The van der Waals surface area contributed by atoms with E-state index in [1.807, 2.05) is 31.2 Å². The molecule has 0 fully saturated rings. The van der Waals surface area contributed by atoms with E-state index in [0.717, 1.165) is 12.0 Å². The van der Waals surface area contributed by atoms with Gasteiger partial charge in [0.2, 0.25) is 6.29 Å². The van der Waals surface area contributed by atoms with E-state index in [0.29, 0.717) is 25.6 Å². The Hall–Kier alpha value is -2.66. The Morgan fingerprint density at radius 3 is 2.38 bits per heavy atom. The molecule has 1 N–H and O–H groups in total. The van der Waals surface area contributed by atoms with Crippen LogP contribution >= 0.6 is 0 Å². The average molecular weight is 390 g/mol. The summed E-state index contributed by atoms with van der Waals surface area (Å²) < 4.78 is 16.1. The van der Waals surface area contributed by atoms with Crippen LogP contribution in [0.15, 0.2) is 66.7 Å². The molecule has 4 rings (SSSR count). The lowest BCUT2D eigenvalue weighted by Gasteiger charge is -2.15. The minimum Gasteiger partial charge on any atom is -0.463 e. The molecule has 0 saturated carbocycles. The fourth-order valence-electron chi connectivity index (χ4n) is 3.78. The molecule has 1 aliphatic rings. The first kappa shape index (κ1) is 19.6. The molecular formula is C25H26O4. The van der Waals surface area contributed by atoms with Crippen LogP contribution in [0.4, 0.5) is 0 Å². The van der Waals surface area contributed by atoms with Crippen LogP contribution in [0.25, 0.3) is 22.3 Å². The van der Waals surface area contributed by atoms with Gasteiger partial charge in [-0.1, -0.05) is 54.6 Å². The van der Waals surface area contributed by atoms with Crippen molar-refractivity contribution in [1.82, 2.24) is 0 Å². The smallest absolute Gasteiger partial charge is 0.221 e. The van der Waals surface area contributed by atoms with Crippen molar-refractivity contribution in [2.75, 3.05) is 26.4 Å². The summed E-state index contributed by atoms with van der Waals surface area (Å²) in [6, 6.07) is 22.9. The molecule has 150 valence electrons. The summed E-state index contributed by atoms with van der Waals surface area (Å²) in [5.41, 5.74) is 7.77. The van der Waals surface area contributed by atoms with E-state index < -0.39 is 6.29 Å². The fraction of sp³-hybridized carbons (Fsp3) is 0.280. The molecular weight excluding hydrogens is 364 g/mol. The molecule has 3 aromatic carbocycles. The van der Waals surface area contributed by atoms with Gasteiger partial charge in [0.25, 0.3) is 0 Å². The van der Waals surface area contributed by atoms with E-state index in [1.165, 1.54) is 27.8 Å². The lowest BCUT2D eigenvalue weighted by Crippen LogP contribution is -2.23. The SMILES string of the molecule is CCOCCOCC(O)Oc1ccc(-c2cccc3c2Cc2ccccc2-3)cc1. The Bertz CT molecular complexity index is 949. The van der Waals surface area contributed by atoms with Gasteiger partial charge >= 0.3 is 0 Å². The van der Waals surface area contributed by atoms with Gasteiger partial charge in [-0.25, -0.2) is 0 Å². The van der Waals surface area contributed by atoms with Crippen molar-refractivity contribution < 1.29 is 19.3 Å². The molecule has 0 spiro atoms. The maximum Gasteiger partial charge on any atom is 0.221 e. The number of hydrogen-bond donors (Lipinski definition) is 1. The molecule has 4 heteroatoms. The largest absolute Gasteiger partial charge is 0.463 e. The molecule has 0 amide bonds. The van der Waals surface area contributed by atoms with Gasteiger partial charge in [-0.15, -0.1) is 0 Å². The monoisotopic (exact) mass is 390 g/mol. The third kappa shape index (κ3) is 4.51. The summed E-state index contributed by atoms with van der Waals surface area (Å²) in [7, 11) is 0. The van der Waals surface area contributed by atoms with Gasteiger partial charge in [-0.05, 0) is 58.9 Å². The Balaban J connectivity index is 1.42.